The lowest BCUT2D eigenvalue weighted by molar-refractivity contribution is 0.0978. The molecule has 0 saturated heterocycles. The monoisotopic (exact) mass is 254 g/mol. The Morgan fingerprint density at radius 1 is 1.32 bits per heavy atom. The van der Waals surface area contributed by atoms with Crippen molar-refractivity contribution in [1.29, 1.82) is 5.26 Å². The van der Waals surface area contributed by atoms with Gasteiger partial charge in [0.1, 0.15) is 11.7 Å². The number of aryl methyl sites for hydroxylation is 1. The molecule has 0 amide bonds. The summed E-state index contributed by atoms with van der Waals surface area (Å²) in [6.45, 7) is 1.70. The molecule has 0 N–H and O–H groups in total. The van der Waals surface area contributed by atoms with Crippen molar-refractivity contribution in [3.63, 3.8) is 0 Å². The zero-order chi connectivity index (χ0) is 13.8. The number of hydrogen-bond acceptors (Lipinski definition) is 3. The van der Waals surface area contributed by atoms with E-state index in [9.17, 15) is 9.18 Å². The van der Waals surface area contributed by atoms with Gasteiger partial charge in [0.15, 0.2) is 5.78 Å². The molecule has 2 rings (SSSR count). The van der Waals surface area contributed by atoms with E-state index >= 15 is 0 Å². The van der Waals surface area contributed by atoms with Crippen LogP contribution in [0.2, 0.25) is 0 Å². The fraction of sp³-hybridized carbons (Fsp3) is 0.133. The van der Waals surface area contributed by atoms with Gasteiger partial charge in [-0.1, -0.05) is 0 Å². The third kappa shape index (κ3) is 2.83. The molecule has 0 aliphatic rings. The Bertz CT molecular complexity index is 627. The maximum absolute atomic E-state index is 13.3. The molecule has 0 bridgehead atoms. The van der Waals surface area contributed by atoms with Gasteiger partial charge < -0.3 is 0 Å². The second-order valence-electron chi connectivity index (χ2n) is 4.22. The number of hydrogen-bond donors (Lipinski definition) is 0. The van der Waals surface area contributed by atoms with Crippen LogP contribution >= 0.6 is 0 Å². The molecule has 0 radical (unpaired) electrons. The summed E-state index contributed by atoms with van der Waals surface area (Å²) in [5.41, 5.74) is 1.42. The predicted octanol–water partition coefficient (Wildman–Crippen LogP) is 3.02. The normalized spacial score (nSPS) is 11.6. The molecule has 1 aromatic heterocycles. The van der Waals surface area contributed by atoms with Crippen molar-refractivity contribution in [3.8, 4) is 6.07 Å². The number of ketones is 1. The molecule has 4 heteroatoms. The maximum atomic E-state index is 13.3. The summed E-state index contributed by atoms with van der Waals surface area (Å²) in [5.74, 6) is -1.82. The number of nitrogens with zero attached hydrogens (tertiary/aromatic N) is 2. The lowest BCUT2D eigenvalue weighted by Gasteiger charge is -2.09. The number of Topliss-reactive ketones (excluding diaryl/α,β-unsaturated/α-hetero) is 1. The van der Waals surface area contributed by atoms with Gasteiger partial charge in [-0.25, -0.2) is 4.39 Å². The highest BCUT2D eigenvalue weighted by Gasteiger charge is 2.22. The maximum Gasteiger partial charge on any atom is 0.184 e. The molecule has 0 aliphatic heterocycles. The third-order valence-electron chi connectivity index (χ3n) is 2.76. The standard InChI is InChI=1S/C15H11FN2O/c1-10-6-12(8-13(16)7-10)15(19)14(9-17)11-2-4-18-5-3-11/h2-8,14H,1H3. The molecule has 19 heavy (non-hydrogen) atoms. The lowest BCUT2D eigenvalue weighted by Crippen LogP contribution is -2.11. The minimum atomic E-state index is -0.941. The fourth-order valence-corrected chi connectivity index (χ4v) is 1.89. The Hall–Kier alpha value is -2.54. The van der Waals surface area contributed by atoms with E-state index in [2.05, 4.69) is 4.98 Å². The molecular formula is C15H11FN2O. The zero-order valence-electron chi connectivity index (χ0n) is 10.3. The average molecular weight is 254 g/mol. The van der Waals surface area contributed by atoms with Crippen molar-refractivity contribution in [1.82, 2.24) is 4.98 Å². The molecule has 3 nitrogen and oxygen atoms in total. The summed E-state index contributed by atoms with van der Waals surface area (Å²) in [6, 6.07) is 9.25. The molecular weight excluding hydrogens is 243 g/mol. The van der Waals surface area contributed by atoms with Crippen LogP contribution in [-0.4, -0.2) is 10.8 Å². The van der Waals surface area contributed by atoms with Crippen LogP contribution in [0, 0.1) is 24.1 Å². The van der Waals surface area contributed by atoms with Gasteiger partial charge in [-0.3, -0.25) is 9.78 Å². The largest absolute Gasteiger partial charge is 0.292 e. The number of pyridine rings is 1. The Kier molecular flexibility index (Phi) is 3.67. The fourth-order valence-electron chi connectivity index (χ4n) is 1.89. The summed E-state index contributed by atoms with van der Waals surface area (Å²) < 4.78 is 13.3. The molecule has 1 unspecified atom stereocenters. The van der Waals surface area contributed by atoms with E-state index in [-0.39, 0.29) is 5.56 Å². The third-order valence-corrected chi connectivity index (χ3v) is 2.76. The smallest absolute Gasteiger partial charge is 0.184 e. The number of nitriles is 1. The molecule has 2 aromatic rings. The van der Waals surface area contributed by atoms with Crippen molar-refractivity contribution in [2.75, 3.05) is 0 Å². The van der Waals surface area contributed by atoms with Crippen LogP contribution in [0.25, 0.3) is 0 Å². The SMILES string of the molecule is Cc1cc(F)cc(C(=O)C(C#N)c2ccncc2)c1. The van der Waals surface area contributed by atoms with Crippen molar-refractivity contribution in [2.24, 2.45) is 0 Å². The predicted molar refractivity (Wildman–Crippen MR) is 68.1 cm³/mol. The van der Waals surface area contributed by atoms with E-state index in [1.165, 1.54) is 18.5 Å². The molecule has 0 spiro atoms. The van der Waals surface area contributed by atoms with Crippen molar-refractivity contribution in [2.45, 2.75) is 12.8 Å². The highest BCUT2D eigenvalue weighted by atomic mass is 19.1. The quantitative estimate of drug-likeness (QED) is 0.791. The highest BCUT2D eigenvalue weighted by molar-refractivity contribution is 6.02. The minimum absolute atomic E-state index is 0.209. The van der Waals surface area contributed by atoms with Crippen LogP contribution in [0.15, 0.2) is 42.7 Å². The van der Waals surface area contributed by atoms with Gasteiger partial charge in [0.2, 0.25) is 0 Å². The molecule has 0 aliphatic carbocycles. The second kappa shape index (κ2) is 5.40. The number of halogens is 1. The van der Waals surface area contributed by atoms with E-state index in [1.54, 1.807) is 25.1 Å². The lowest BCUT2D eigenvalue weighted by atomic mass is 9.92. The van der Waals surface area contributed by atoms with E-state index in [1.807, 2.05) is 6.07 Å². The van der Waals surface area contributed by atoms with Crippen LogP contribution < -0.4 is 0 Å². The Morgan fingerprint density at radius 2 is 2.00 bits per heavy atom. The average Bonchev–Trinajstić information content (AvgIpc) is 2.39. The molecule has 1 aromatic carbocycles. The topological polar surface area (TPSA) is 53.8 Å². The van der Waals surface area contributed by atoms with Crippen LogP contribution in [0.1, 0.15) is 27.4 Å². The first-order valence-corrected chi connectivity index (χ1v) is 5.73. The van der Waals surface area contributed by atoms with Crippen LogP contribution in [0.3, 0.4) is 0 Å². The molecule has 1 heterocycles. The summed E-state index contributed by atoms with van der Waals surface area (Å²) in [7, 11) is 0. The first-order valence-electron chi connectivity index (χ1n) is 5.73. The van der Waals surface area contributed by atoms with Crippen molar-refractivity contribution in [3.05, 3.63) is 65.2 Å². The number of benzene rings is 1. The van der Waals surface area contributed by atoms with Crippen LogP contribution in [-0.2, 0) is 0 Å². The van der Waals surface area contributed by atoms with E-state index in [4.69, 9.17) is 5.26 Å². The summed E-state index contributed by atoms with van der Waals surface area (Å²) in [5, 5.41) is 9.16. The Morgan fingerprint density at radius 3 is 2.58 bits per heavy atom. The molecule has 0 fully saturated rings. The van der Waals surface area contributed by atoms with E-state index in [0.717, 1.165) is 6.07 Å². The number of carbonyl (C=O) groups excluding carboxylic acids is 1. The second-order valence-corrected chi connectivity index (χ2v) is 4.22. The van der Waals surface area contributed by atoms with Crippen molar-refractivity contribution < 1.29 is 9.18 Å². The summed E-state index contributed by atoms with van der Waals surface area (Å²) >= 11 is 0. The van der Waals surface area contributed by atoms with Gasteiger partial charge in [-0.2, -0.15) is 5.26 Å². The summed E-state index contributed by atoms with van der Waals surface area (Å²) in [4.78, 5) is 16.1. The van der Waals surface area contributed by atoms with Gasteiger partial charge in [-0.15, -0.1) is 0 Å². The van der Waals surface area contributed by atoms with Gasteiger partial charge in [0.25, 0.3) is 0 Å². The molecule has 0 saturated carbocycles. The van der Waals surface area contributed by atoms with Crippen LogP contribution in [0.5, 0.6) is 0 Å². The molecule has 94 valence electrons. The number of carbonyl (C=O) groups is 1. The van der Waals surface area contributed by atoms with Crippen LogP contribution in [0.4, 0.5) is 4.39 Å². The van der Waals surface area contributed by atoms with Gasteiger partial charge >= 0.3 is 0 Å². The van der Waals surface area contributed by atoms with Gasteiger partial charge in [0.05, 0.1) is 6.07 Å². The first-order chi connectivity index (χ1) is 9.11. The van der Waals surface area contributed by atoms with Gasteiger partial charge in [-0.05, 0) is 48.4 Å². The first kappa shape index (κ1) is 12.9. The summed E-state index contributed by atoms with van der Waals surface area (Å²) in [6.07, 6.45) is 3.04. The molecule has 1 atom stereocenters. The Labute approximate surface area is 110 Å². The number of rotatable bonds is 3. The highest BCUT2D eigenvalue weighted by Crippen LogP contribution is 2.21. The van der Waals surface area contributed by atoms with E-state index in [0.29, 0.717) is 11.1 Å². The minimum Gasteiger partial charge on any atom is -0.292 e. The van der Waals surface area contributed by atoms with E-state index < -0.39 is 17.5 Å². The zero-order valence-corrected chi connectivity index (χ0v) is 10.3. The van der Waals surface area contributed by atoms with Crippen molar-refractivity contribution >= 4 is 5.78 Å². The number of aromatic nitrogens is 1. The Balaban J connectivity index is 2.40. The van der Waals surface area contributed by atoms with Gasteiger partial charge in [0, 0.05) is 18.0 Å².